The van der Waals surface area contributed by atoms with Crippen LogP contribution in [0.4, 0.5) is 4.39 Å². The van der Waals surface area contributed by atoms with Crippen molar-refractivity contribution < 1.29 is 18.6 Å². The molecule has 0 saturated heterocycles. The van der Waals surface area contributed by atoms with Gasteiger partial charge in [0.25, 0.3) is 0 Å². The summed E-state index contributed by atoms with van der Waals surface area (Å²) >= 11 is 0. The molecule has 0 atom stereocenters. The van der Waals surface area contributed by atoms with E-state index >= 15 is 0 Å². The van der Waals surface area contributed by atoms with Crippen LogP contribution in [0.2, 0.25) is 0 Å². The smallest absolute Gasteiger partial charge is 0.197 e. The van der Waals surface area contributed by atoms with Gasteiger partial charge in [0.2, 0.25) is 0 Å². The van der Waals surface area contributed by atoms with Crippen molar-refractivity contribution in [2.45, 2.75) is 0 Å². The Balaban J connectivity index is 3.20. The summed E-state index contributed by atoms with van der Waals surface area (Å²) in [4.78, 5) is 0. The predicted molar refractivity (Wildman–Crippen MR) is 46.1 cm³/mol. The molecule has 0 aromatic heterocycles. The van der Waals surface area contributed by atoms with Gasteiger partial charge in [-0.2, -0.15) is 0 Å². The van der Waals surface area contributed by atoms with Crippen LogP contribution in [0.3, 0.4) is 0 Å². The fourth-order valence-corrected chi connectivity index (χ4v) is 1.01. The van der Waals surface area contributed by atoms with E-state index < -0.39 is 5.82 Å². The van der Waals surface area contributed by atoms with Gasteiger partial charge < -0.3 is 14.2 Å². The highest BCUT2D eigenvalue weighted by Gasteiger charge is 2.11. The zero-order valence-corrected chi connectivity index (χ0v) is 7.76. The van der Waals surface area contributed by atoms with Gasteiger partial charge in [-0.3, -0.25) is 0 Å². The van der Waals surface area contributed by atoms with E-state index in [4.69, 9.17) is 14.2 Å². The third kappa shape index (κ3) is 1.83. The number of ether oxygens (including phenoxy) is 3. The molecule has 1 aromatic carbocycles. The lowest BCUT2D eigenvalue weighted by Crippen LogP contribution is -1.95. The summed E-state index contributed by atoms with van der Waals surface area (Å²) in [6, 6.07) is 2.79. The highest BCUT2D eigenvalue weighted by molar-refractivity contribution is 5.46. The molecule has 1 aromatic rings. The van der Waals surface area contributed by atoms with E-state index in [0.717, 1.165) is 0 Å². The first-order valence-corrected chi connectivity index (χ1v) is 3.68. The van der Waals surface area contributed by atoms with Crippen molar-refractivity contribution in [1.82, 2.24) is 0 Å². The van der Waals surface area contributed by atoms with Crippen LogP contribution in [0, 0.1) is 5.82 Å². The van der Waals surface area contributed by atoms with E-state index in [1.807, 2.05) is 0 Å². The molecule has 0 unspecified atom stereocenters. The van der Waals surface area contributed by atoms with E-state index in [2.05, 4.69) is 0 Å². The summed E-state index contributed by atoms with van der Waals surface area (Å²) in [5, 5.41) is 0. The molecule has 0 aliphatic carbocycles. The van der Waals surface area contributed by atoms with Crippen molar-refractivity contribution in [3.05, 3.63) is 17.9 Å². The van der Waals surface area contributed by atoms with Gasteiger partial charge in [-0.1, -0.05) is 0 Å². The Labute approximate surface area is 76.0 Å². The zero-order valence-electron chi connectivity index (χ0n) is 7.76. The first kappa shape index (κ1) is 9.64. The van der Waals surface area contributed by atoms with Gasteiger partial charge in [0.1, 0.15) is 5.75 Å². The molecule has 0 spiro atoms. The fourth-order valence-electron chi connectivity index (χ4n) is 1.01. The minimum absolute atomic E-state index is 0.0864. The Morgan fingerprint density at radius 2 is 1.69 bits per heavy atom. The molecule has 72 valence electrons. The summed E-state index contributed by atoms with van der Waals surface area (Å²) in [5.41, 5.74) is 0. The Hall–Kier alpha value is -1.45. The molecule has 0 amide bonds. The van der Waals surface area contributed by atoms with Gasteiger partial charge in [0.05, 0.1) is 21.3 Å². The maximum atomic E-state index is 13.2. The van der Waals surface area contributed by atoms with Crippen molar-refractivity contribution in [3.63, 3.8) is 0 Å². The van der Waals surface area contributed by atoms with Gasteiger partial charge in [-0.25, -0.2) is 4.39 Å². The topological polar surface area (TPSA) is 27.7 Å². The summed E-state index contributed by atoms with van der Waals surface area (Å²) in [5.74, 6) is 0.302. The van der Waals surface area contributed by atoms with Crippen molar-refractivity contribution in [2.24, 2.45) is 0 Å². The Kier molecular flexibility index (Phi) is 2.95. The maximum Gasteiger partial charge on any atom is 0.197 e. The standard InChI is InChI=1S/C9H11FO3/c1-11-6-4-7(10)9(13-3)8(5-6)12-2/h4-5H,1-3H3. The lowest BCUT2D eigenvalue weighted by atomic mass is 10.3. The summed E-state index contributed by atoms with van der Waals surface area (Å²) in [7, 11) is 4.28. The van der Waals surface area contributed by atoms with Crippen LogP contribution in [0.1, 0.15) is 0 Å². The average molecular weight is 186 g/mol. The molecule has 0 saturated carbocycles. The van der Waals surface area contributed by atoms with Gasteiger partial charge in [0.15, 0.2) is 17.3 Å². The van der Waals surface area contributed by atoms with Crippen LogP contribution >= 0.6 is 0 Å². The zero-order chi connectivity index (χ0) is 9.84. The quantitative estimate of drug-likeness (QED) is 0.721. The predicted octanol–water partition coefficient (Wildman–Crippen LogP) is 1.85. The number of hydrogen-bond donors (Lipinski definition) is 0. The molecule has 0 aliphatic heterocycles. The average Bonchev–Trinajstić information content (AvgIpc) is 2.16. The van der Waals surface area contributed by atoms with Crippen LogP contribution in [0.25, 0.3) is 0 Å². The van der Waals surface area contributed by atoms with Crippen LogP contribution in [0.15, 0.2) is 12.1 Å². The highest BCUT2D eigenvalue weighted by atomic mass is 19.1. The second-order valence-corrected chi connectivity index (χ2v) is 2.34. The molecule has 0 radical (unpaired) electrons. The van der Waals surface area contributed by atoms with Crippen molar-refractivity contribution in [2.75, 3.05) is 21.3 Å². The van der Waals surface area contributed by atoms with Crippen molar-refractivity contribution in [3.8, 4) is 17.2 Å². The lowest BCUT2D eigenvalue weighted by molar-refractivity contribution is 0.331. The SMILES string of the molecule is COc1cc(F)c(OC)c(OC)c1. The molecule has 0 fully saturated rings. The Morgan fingerprint density at radius 3 is 2.15 bits per heavy atom. The molecule has 0 N–H and O–H groups in total. The molecule has 0 bridgehead atoms. The Bertz CT molecular complexity index is 299. The summed E-state index contributed by atoms with van der Waals surface area (Å²) in [6.07, 6.45) is 0. The first-order chi connectivity index (χ1) is 6.22. The summed E-state index contributed by atoms with van der Waals surface area (Å²) in [6.45, 7) is 0. The molecule has 3 nitrogen and oxygen atoms in total. The number of benzene rings is 1. The van der Waals surface area contributed by atoms with Gasteiger partial charge in [-0.05, 0) is 0 Å². The maximum absolute atomic E-state index is 13.2. The first-order valence-electron chi connectivity index (χ1n) is 3.68. The minimum atomic E-state index is -0.501. The molecular formula is C9H11FO3. The van der Waals surface area contributed by atoms with Crippen LogP contribution in [-0.4, -0.2) is 21.3 Å². The van der Waals surface area contributed by atoms with Crippen molar-refractivity contribution >= 4 is 0 Å². The number of halogens is 1. The van der Waals surface area contributed by atoms with E-state index in [9.17, 15) is 4.39 Å². The molecule has 1 rings (SSSR count). The normalized spacial score (nSPS) is 9.54. The molecule has 0 heterocycles. The third-order valence-corrected chi connectivity index (χ3v) is 1.64. The van der Waals surface area contributed by atoms with Crippen molar-refractivity contribution in [1.29, 1.82) is 0 Å². The molecule has 0 aliphatic rings. The summed E-state index contributed by atoms with van der Waals surface area (Å²) < 4.78 is 27.8. The molecular weight excluding hydrogens is 175 g/mol. The minimum Gasteiger partial charge on any atom is -0.497 e. The largest absolute Gasteiger partial charge is 0.497 e. The Morgan fingerprint density at radius 1 is 1.00 bits per heavy atom. The van der Waals surface area contributed by atoms with E-state index in [0.29, 0.717) is 11.5 Å². The molecule has 13 heavy (non-hydrogen) atoms. The lowest BCUT2D eigenvalue weighted by Gasteiger charge is -2.09. The monoisotopic (exact) mass is 186 g/mol. The number of hydrogen-bond acceptors (Lipinski definition) is 3. The van der Waals surface area contributed by atoms with Gasteiger partial charge in [0, 0.05) is 12.1 Å². The van der Waals surface area contributed by atoms with Crippen LogP contribution < -0.4 is 14.2 Å². The van der Waals surface area contributed by atoms with E-state index in [1.54, 1.807) is 6.07 Å². The van der Waals surface area contributed by atoms with Crippen LogP contribution in [-0.2, 0) is 0 Å². The van der Waals surface area contributed by atoms with E-state index in [-0.39, 0.29) is 5.75 Å². The fraction of sp³-hybridized carbons (Fsp3) is 0.333. The third-order valence-electron chi connectivity index (χ3n) is 1.64. The number of rotatable bonds is 3. The van der Waals surface area contributed by atoms with Crippen LogP contribution in [0.5, 0.6) is 17.2 Å². The second-order valence-electron chi connectivity index (χ2n) is 2.34. The van der Waals surface area contributed by atoms with Gasteiger partial charge >= 0.3 is 0 Å². The second kappa shape index (κ2) is 3.98. The van der Waals surface area contributed by atoms with E-state index in [1.165, 1.54) is 27.4 Å². The van der Waals surface area contributed by atoms with Gasteiger partial charge in [-0.15, -0.1) is 0 Å². The number of methoxy groups -OCH3 is 3. The molecule has 4 heteroatoms. The highest BCUT2D eigenvalue weighted by Crippen LogP contribution is 2.33.